The third kappa shape index (κ3) is 4.33. The lowest BCUT2D eigenvalue weighted by atomic mass is 10.0. The lowest BCUT2D eigenvalue weighted by Crippen LogP contribution is -2.40. The van der Waals surface area contributed by atoms with E-state index in [4.69, 9.17) is 4.74 Å². The number of halogens is 3. The van der Waals surface area contributed by atoms with Crippen molar-refractivity contribution in [2.75, 3.05) is 6.54 Å². The van der Waals surface area contributed by atoms with Gasteiger partial charge in [-0.1, -0.05) is 0 Å². The smallest absolute Gasteiger partial charge is 0.435 e. The van der Waals surface area contributed by atoms with Crippen LogP contribution in [0.3, 0.4) is 0 Å². The highest BCUT2D eigenvalue weighted by molar-refractivity contribution is 5.68. The van der Waals surface area contributed by atoms with Gasteiger partial charge in [0.05, 0.1) is 22.8 Å². The van der Waals surface area contributed by atoms with Gasteiger partial charge in [0.1, 0.15) is 5.60 Å². The fourth-order valence-corrected chi connectivity index (χ4v) is 3.06. The van der Waals surface area contributed by atoms with Crippen LogP contribution in [0, 0.1) is 10.1 Å². The van der Waals surface area contributed by atoms with Crippen LogP contribution in [0.1, 0.15) is 37.7 Å². The van der Waals surface area contributed by atoms with Crippen LogP contribution in [0.4, 0.5) is 23.7 Å². The number of amides is 1. The molecule has 0 atom stereocenters. The number of fused-ring (bicyclic) bond motifs is 1. The van der Waals surface area contributed by atoms with Crippen LogP contribution in [0.15, 0.2) is 24.3 Å². The number of alkyl halides is 3. The molecule has 0 unspecified atom stereocenters. The second-order valence-electron chi connectivity index (χ2n) is 7.61. The molecule has 0 saturated carbocycles. The number of nitrogens with zero attached hydrogens (tertiary/aromatic N) is 4. The Morgan fingerprint density at radius 3 is 2.34 bits per heavy atom. The molecule has 1 aromatic heterocycles. The van der Waals surface area contributed by atoms with Crippen molar-refractivity contribution in [2.45, 2.75) is 45.5 Å². The fraction of sp³-hybridized carbons (Fsp3) is 0.444. The Bertz CT molecular complexity index is 946. The minimum atomic E-state index is -4.72. The zero-order valence-electron chi connectivity index (χ0n) is 16.0. The predicted octanol–water partition coefficient (Wildman–Crippen LogP) is 4.09. The van der Waals surface area contributed by atoms with Crippen LogP contribution >= 0.6 is 0 Å². The normalized spacial score (nSPS) is 14.5. The number of non-ortho nitro benzene ring substituents is 1. The number of carbonyl (C=O) groups is 1. The molecule has 1 aromatic carbocycles. The number of nitro benzene ring substituents is 1. The topological polar surface area (TPSA) is 90.5 Å². The fourth-order valence-electron chi connectivity index (χ4n) is 3.06. The Balaban J connectivity index is 1.99. The first-order valence-electron chi connectivity index (χ1n) is 8.77. The minimum absolute atomic E-state index is 0.104. The van der Waals surface area contributed by atoms with Gasteiger partial charge in [-0.15, -0.1) is 0 Å². The van der Waals surface area contributed by atoms with Crippen LogP contribution in [-0.2, 0) is 23.9 Å². The van der Waals surface area contributed by atoms with E-state index in [1.165, 1.54) is 29.2 Å². The summed E-state index contributed by atoms with van der Waals surface area (Å²) in [7, 11) is 0. The number of rotatable bonds is 2. The Kier molecular flexibility index (Phi) is 5.01. The Morgan fingerprint density at radius 2 is 1.83 bits per heavy atom. The molecule has 0 fully saturated rings. The summed E-state index contributed by atoms with van der Waals surface area (Å²) in [5, 5.41) is 14.5. The SMILES string of the molecule is CC(C)(C)OC(=O)N1CCc2c(c(C(F)(F)F)nn2-c2ccc([N+](=O)[O-])cc2)C1. The maximum Gasteiger partial charge on any atom is 0.435 e. The van der Waals surface area contributed by atoms with Crippen molar-refractivity contribution < 1.29 is 27.6 Å². The summed E-state index contributed by atoms with van der Waals surface area (Å²) < 4.78 is 47.1. The van der Waals surface area contributed by atoms with E-state index in [0.717, 1.165) is 4.68 Å². The number of hydrogen-bond donors (Lipinski definition) is 0. The maximum atomic E-state index is 13.6. The highest BCUT2D eigenvalue weighted by Crippen LogP contribution is 2.36. The van der Waals surface area contributed by atoms with Crippen LogP contribution < -0.4 is 0 Å². The average molecular weight is 412 g/mol. The molecule has 0 aliphatic carbocycles. The summed E-state index contributed by atoms with van der Waals surface area (Å²) in [6, 6.07) is 5.08. The van der Waals surface area contributed by atoms with Crippen molar-refractivity contribution in [3.05, 3.63) is 51.3 Å². The highest BCUT2D eigenvalue weighted by atomic mass is 19.4. The molecule has 0 saturated heterocycles. The largest absolute Gasteiger partial charge is 0.444 e. The molecule has 0 N–H and O–H groups in total. The van der Waals surface area contributed by atoms with Crippen molar-refractivity contribution in [1.82, 2.24) is 14.7 Å². The lowest BCUT2D eigenvalue weighted by molar-refractivity contribution is -0.384. The van der Waals surface area contributed by atoms with Gasteiger partial charge in [-0.25, -0.2) is 9.48 Å². The number of ether oxygens (including phenoxy) is 1. The van der Waals surface area contributed by atoms with Gasteiger partial charge in [0.15, 0.2) is 5.69 Å². The van der Waals surface area contributed by atoms with Crippen molar-refractivity contribution in [1.29, 1.82) is 0 Å². The number of aromatic nitrogens is 2. The highest BCUT2D eigenvalue weighted by Gasteiger charge is 2.41. The molecular weight excluding hydrogens is 393 g/mol. The summed E-state index contributed by atoms with van der Waals surface area (Å²) >= 11 is 0. The standard InChI is InChI=1S/C18H19F3N4O4/c1-17(2,3)29-16(26)23-9-8-14-13(10-23)15(18(19,20)21)22-24(14)11-4-6-12(7-5-11)25(27)28/h4-7H,8-10H2,1-3H3. The number of nitro groups is 1. The molecule has 2 aromatic rings. The van der Waals surface area contributed by atoms with E-state index in [9.17, 15) is 28.1 Å². The molecule has 0 bridgehead atoms. The van der Waals surface area contributed by atoms with Crippen molar-refractivity contribution in [3.8, 4) is 5.69 Å². The molecule has 156 valence electrons. The van der Waals surface area contributed by atoms with Gasteiger partial charge >= 0.3 is 12.3 Å². The molecule has 1 aliphatic rings. The van der Waals surface area contributed by atoms with Gasteiger partial charge in [-0.05, 0) is 32.9 Å². The second-order valence-corrected chi connectivity index (χ2v) is 7.61. The predicted molar refractivity (Wildman–Crippen MR) is 95.6 cm³/mol. The van der Waals surface area contributed by atoms with E-state index in [1.54, 1.807) is 20.8 Å². The number of hydrogen-bond acceptors (Lipinski definition) is 5. The third-order valence-corrected chi connectivity index (χ3v) is 4.28. The zero-order chi connectivity index (χ0) is 21.6. The van der Waals surface area contributed by atoms with Gasteiger partial charge in [-0.2, -0.15) is 18.3 Å². The quantitative estimate of drug-likeness (QED) is 0.547. The molecule has 1 amide bonds. The summed E-state index contributed by atoms with van der Waals surface area (Å²) in [6.07, 6.45) is -5.28. The average Bonchev–Trinajstić information content (AvgIpc) is 2.99. The van der Waals surface area contributed by atoms with Crippen LogP contribution in [0.2, 0.25) is 0 Å². The van der Waals surface area contributed by atoms with E-state index >= 15 is 0 Å². The first-order chi connectivity index (χ1) is 13.4. The van der Waals surface area contributed by atoms with Gasteiger partial charge < -0.3 is 9.64 Å². The molecular formula is C18H19F3N4O4. The van der Waals surface area contributed by atoms with Crippen LogP contribution in [0.5, 0.6) is 0 Å². The first kappa shape index (κ1) is 20.6. The maximum absolute atomic E-state index is 13.6. The zero-order valence-corrected chi connectivity index (χ0v) is 16.0. The molecule has 8 nitrogen and oxygen atoms in total. The summed E-state index contributed by atoms with van der Waals surface area (Å²) in [4.78, 5) is 23.7. The van der Waals surface area contributed by atoms with E-state index in [2.05, 4.69) is 5.10 Å². The van der Waals surface area contributed by atoms with E-state index in [-0.39, 0.29) is 36.4 Å². The Hall–Kier alpha value is -3.11. The molecule has 0 spiro atoms. The lowest BCUT2D eigenvalue weighted by Gasteiger charge is -2.30. The van der Waals surface area contributed by atoms with Gasteiger partial charge in [0, 0.05) is 30.7 Å². The molecule has 11 heteroatoms. The Morgan fingerprint density at radius 1 is 1.21 bits per heavy atom. The minimum Gasteiger partial charge on any atom is -0.444 e. The number of carbonyl (C=O) groups excluding carboxylic acids is 1. The number of benzene rings is 1. The van der Waals surface area contributed by atoms with Crippen molar-refractivity contribution in [2.24, 2.45) is 0 Å². The van der Waals surface area contributed by atoms with Gasteiger partial charge in [-0.3, -0.25) is 10.1 Å². The van der Waals surface area contributed by atoms with Crippen molar-refractivity contribution in [3.63, 3.8) is 0 Å². The second kappa shape index (κ2) is 7.05. The molecule has 1 aliphatic heterocycles. The first-order valence-corrected chi connectivity index (χ1v) is 8.77. The summed E-state index contributed by atoms with van der Waals surface area (Å²) in [5.74, 6) is 0. The van der Waals surface area contributed by atoms with E-state index < -0.39 is 28.5 Å². The van der Waals surface area contributed by atoms with Crippen molar-refractivity contribution >= 4 is 11.8 Å². The third-order valence-electron chi connectivity index (χ3n) is 4.28. The van der Waals surface area contributed by atoms with Crippen LogP contribution in [0.25, 0.3) is 5.69 Å². The molecule has 29 heavy (non-hydrogen) atoms. The molecule has 3 rings (SSSR count). The molecule has 2 heterocycles. The van der Waals surface area contributed by atoms with Gasteiger partial charge in [0.25, 0.3) is 5.69 Å². The van der Waals surface area contributed by atoms with E-state index in [1.807, 2.05) is 0 Å². The monoisotopic (exact) mass is 412 g/mol. The summed E-state index contributed by atoms with van der Waals surface area (Å²) in [6.45, 7) is 4.90. The van der Waals surface area contributed by atoms with Gasteiger partial charge in [0.2, 0.25) is 0 Å². The van der Waals surface area contributed by atoms with E-state index in [0.29, 0.717) is 5.69 Å². The Labute approximate surface area is 164 Å². The van der Waals surface area contributed by atoms with Crippen LogP contribution in [-0.4, -0.2) is 37.8 Å². The summed E-state index contributed by atoms with van der Waals surface area (Å²) in [5.41, 5.74) is -1.55. The molecule has 0 radical (unpaired) electrons.